The van der Waals surface area contributed by atoms with Crippen molar-refractivity contribution in [3.05, 3.63) is 71.3 Å². The molecule has 230 valence electrons. The van der Waals surface area contributed by atoms with E-state index in [1.54, 1.807) is 13.3 Å². The Bertz CT molecular complexity index is 1260. The molecule has 42 heavy (non-hydrogen) atoms. The lowest BCUT2D eigenvalue weighted by molar-refractivity contribution is -0.193. The van der Waals surface area contributed by atoms with Gasteiger partial charge in [0.25, 0.3) is 0 Å². The van der Waals surface area contributed by atoms with Gasteiger partial charge in [0.05, 0.1) is 31.7 Å². The first-order chi connectivity index (χ1) is 19.6. The number of nitrogens with zero attached hydrogens (tertiary/aromatic N) is 5. The molecule has 0 saturated heterocycles. The van der Waals surface area contributed by atoms with E-state index >= 15 is 0 Å². The largest absolute Gasteiger partial charge is 0.497 e. The molecular formula is C25H27F6N5O6. The van der Waals surface area contributed by atoms with Gasteiger partial charge in [-0.3, -0.25) is 14.6 Å². The second-order valence-electron chi connectivity index (χ2n) is 8.70. The normalized spacial score (nSPS) is 14.9. The summed E-state index contributed by atoms with van der Waals surface area (Å²) in [4.78, 5) is 24.5. The fourth-order valence-electron chi connectivity index (χ4n) is 3.72. The number of methoxy groups -OCH3 is 1. The van der Waals surface area contributed by atoms with Gasteiger partial charge in [-0.05, 0) is 29.8 Å². The van der Waals surface area contributed by atoms with E-state index in [1.807, 2.05) is 42.1 Å². The lowest BCUT2D eigenvalue weighted by atomic mass is 9.98. The first-order valence-electron chi connectivity index (χ1n) is 11.9. The van der Waals surface area contributed by atoms with Gasteiger partial charge in [-0.25, -0.2) is 9.59 Å². The van der Waals surface area contributed by atoms with E-state index in [9.17, 15) is 26.3 Å². The van der Waals surface area contributed by atoms with Crippen LogP contribution in [0.1, 0.15) is 28.6 Å². The fraction of sp³-hybridized carbons (Fsp3) is 0.400. The summed E-state index contributed by atoms with van der Waals surface area (Å²) in [6.07, 6.45) is -8.38. The number of pyridine rings is 1. The molecule has 1 aliphatic heterocycles. The molecule has 3 heterocycles. The first kappa shape index (κ1) is 34.0. The van der Waals surface area contributed by atoms with Crippen molar-refractivity contribution in [3.63, 3.8) is 0 Å². The molecule has 0 bridgehead atoms. The number of aliphatic carboxylic acids is 2. The summed E-state index contributed by atoms with van der Waals surface area (Å²) < 4.78 is 76.6. The molecule has 1 atom stereocenters. The molecule has 0 saturated carbocycles. The molecule has 0 amide bonds. The number of ether oxygens (including phenoxy) is 2. The molecule has 2 N–H and O–H groups in total. The summed E-state index contributed by atoms with van der Waals surface area (Å²) in [6.45, 7) is 3.69. The molecule has 0 aliphatic carbocycles. The topological polar surface area (TPSA) is 140 Å². The molecule has 17 heteroatoms. The number of hydrogen-bond donors (Lipinski definition) is 2. The van der Waals surface area contributed by atoms with E-state index in [4.69, 9.17) is 29.3 Å². The molecule has 1 aliphatic rings. The number of carboxylic acid groups (broad SMARTS) is 2. The van der Waals surface area contributed by atoms with E-state index in [-0.39, 0.29) is 5.92 Å². The van der Waals surface area contributed by atoms with E-state index in [0.29, 0.717) is 13.2 Å². The SMILES string of the molecule is COc1ccc(CN2Cc3nnn(C)c3C(COCc3ccccn3)C2)cc1.O=C(O)C(F)(F)F.O=C(O)C(F)(F)F. The van der Waals surface area contributed by atoms with E-state index in [0.717, 1.165) is 36.8 Å². The Morgan fingerprint density at radius 3 is 2.10 bits per heavy atom. The maximum Gasteiger partial charge on any atom is 0.490 e. The number of benzene rings is 1. The zero-order valence-electron chi connectivity index (χ0n) is 22.3. The van der Waals surface area contributed by atoms with Crippen LogP contribution in [0.3, 0.4) is 0 Å². The Balaban J connectivity index is 0.000000367. The number of rotatable bonds is 7. The van der Waals surface area contributed by atoms with Gasteiger partial charge in [0.15, 0.2) is 0 Å². The van der Waals surface area contributed by atoms with Crippen LogP contribution in [0.5, 0.6) is 5.75 Å². The minimum Gasteiger partial charge on any atom is -0.497 e. The molecular weight excluding hydrogens is 580 g/mol. The van der Waals surface area contributed by atoms with Crippen LogP contribution in [-0.2, 0) is 41.1 Å². The summed E-state index contributed by atoms with van der Waals surface area (Å²) in [6, 6.07) is 14.1. The smallest absolute Gasteiger partial charge is 0.490 e. The molecule has 11 nitrogen and oxygen atoms in total. The number of halogens is 6. The van der Waals surface area contributed by atoms with Crippen LogP contribution in [0.15, 0.2) is 48.7 Å². The van der Waals surface area contributed by atoms with Gasteiger partial charge < -0.3 is 19.7 Å². The van der Waals surface area contributed by atoms with Gasteiger partial charge in [-0.15, -0.1) is 5.10 Å². The summed E-state index contributed by atoms with van der Waals surface area (Å²) in [5, 5.41) is 22.9. The van der Waals surface area contributed by atoms with Crippen LogP contribution in [0.2, 0.25) is 0 Å². The Morgan fingerprint density at radius 1 is 1.00 bits per heavy atom. The third kappa shape index (κ3) is 11.0. The molecule has 1 unspecified atom stereocenters. The molecule has 4 rings (SSSR count). The van der Waals surface area contributed by atoms with Crippen LogP contribution < -0.4 is 4.74 Å². The quantitative estimate of drug-likeness (QED) is 0.381. The lowest BCUT2D eigenvalue weighted by Gasteiger charge is -2.32. The number of fused-ring (bicyclic) bond motifs is 1. The second-order valence-corrected chi connectivity index (χ2v) is 8.70. The average molecular weight is 608 g/mol. The zero-order valence-corrected chi connectivity index (χ0v) is 22.3. The monoisotopic (exact) mass is 607 g/mol. The third-order valence-corrected chi connectivity index (χ3v) is 5.53. The zero-order chi connectivity index (χ0) is 31.5. The number of aromatic nitrogens is 4. The number of alkyl halides is 6. The van der Waals surface area contributed by atoms with Crippen molar-refractivity contribution >= 4 is 11.9 Å². The summed E-state index contributed by atoms with van der Waals surface area (Å²) in [5.74, 6) is -4.41. The standard InChI is InChI=1S/C21H25N5O2.2C2HF3O2/c1-25-21-17(14-28-15-18-5-3-4-10-22-18)12-26(13-20(21)23-24-25)11-16-6-8-19(27-2)9-7-16;2*3-2(4,5)1(6)7/h3-10,17H,11-15H2,1-2H3;2*(H,6,7). The second kappa shape index (κ2) is 15.1. The molecule has 2 aromatic heterocycles. The highest BCUT2D eigenvalue weighted by atomic mass is 19.4. The number of aryl methyl sites for hydroxylation is 1. The maximum atomic E-state index is 10.6. The molecule has 0 radical (unpaired) electrons. The predicted octanol–water partition coefficient (Wildman–Crippen LogP) is 3.80. The van der Waals surface area contributed by atoms with Crippen LogP contribution >= 0.6 is 0 Å². The van der Waals surface area contributed by atoms with Crippen LogP contribution in [0, 0.1) is 0 Å². The van der Waals surface area contributed by atoms with E-state index in [2.05, 4.69) is 32.3 Å². The summed E-state index contributed by atoms with van der Waals surface area (Å²) >= 11 is 0. The Hall–Kier alpha value is -4.25. The van der Waals surface area contributed by atoms with Crippen molar-refractivity contribution in [2.75, 3.05) is 20.3 Å². The van der Waals surface area contributed by atoms with Gasteiger partial charge in [-0.1, -0.05) is 23.4 Å². The minimum atomic E-state index is -5.08. The fourth-order valence-corrected chi connectivity index (χ4v) is 3.72. The molecule has 3 aromatic rings. The van der Waals surface area contributed by atoms with Gasteiger partial charge in [-0.2, -0.15) is 26.3 Å². The van der Waals surface area contributed by atoms with Gasteiger partial charge in [0.1, 0.15) is 11.4 Å². The van der Waals surface area contributed by atoms with Crippen molar-refractivity contribution in [2.45, 2.75) is 38.0 Å². The Labute approximate surface area is 235 Å². The van der Waals surface area contributed by atoms with Crippen molar-refractivity contribution in [1.29, 1.82) is 0 Å². The van der Waals surface area contributed by atoms with E-state index < -0.39 is 24.3 Å². The van der Waals surface area contributed by atoms with Gasteiger partial charge in [0, 0.05) is 38.8 Å². The predicted molar refractivity (Wildman–Crippen MR) is 132 cm³/mol. The Kier molecular flexibility index (Phi) is 12.2. The van der Waals surface area contributed by atoms with Gasteiger partial charge >= 0.3 is 24.3 Å². The Morgan fingerprint density at radius 2 is 1.60 bits per heavy atom. The van der Waals surface area contributed by atoms with Crippen LogP contribution in [0.4, 0.5) is 26.3 Å². The minimum absolute atomic E-state index is 0.228. The maximum absolute atomic E-state index is 10.6. The molecule has 0 spiro atoms. The van der Waals surface area contributed by atoms with Crippen LogP contribution in [0.25, 0.3) is 0 Å². The van der Waals surface area contributed by atoms with Gasteiger partial charge in [0.2, 0.25) is 0 Å². The first-order valence-corrected chi connectivity index (χ1v) is 11.9. The summed E-state index contributed by atoms with van der Waals surface area (Å²) in [5.41, 5.74) is 4.40. The van der Waals surface area contributed by atoms with Crippen molar-refractivity contribution in [3.8, 4) is 5.75 Å². The molecule has 1 aromatic carbocycles. The summed E-state index contributed by atoms with van der Waals surface area (Å²) in [7, 11) is 3.64. The third-order valence-electron chi connectivity index (χ3n) is 5.53. The number of carbonyl (C=O) groups is 2. The molecule has 0 fully saturated rings. The highest BCUT2D eigenvalue weighted by molar-refractivity contribution is 5.73. The van der Waals surface area contributed by atoms with Crippen LogP contribution in [-0.4, -0.2) is 79.6 Å². The lowest BCUT2D eigenvalue weighted by Crippen LogP contribution is -2.36. The van der Waals surface area contributed by atoms with E-state index in [1.165, 1.54) is 11.3 Å². The highest BCUT2D eigenvalue weighted by Gasteiger charge is 2.39. The van der Waals surface area contributed by atoms with Crippen molar-refractivity contribution < 1.29 is 55.6 Å². The number of hydrogen-bond acceptors (Lipinski definition) is 8. The number of carboxylic acids is 2. The van der Waals surface area contributed by atoms with Crippen molar-refractivity contribution in [2.24, 2.45) is 7.05 Å². The highest BCUT2D eigenvalue weighted by Crippen LogP contribution is 2.28. The van der Waals surface area contributed by atoms with Crippen molar-refractivity contribution in [1.82, 2.24) is 24.9 Å². The average Bonchev–Trinajstić information content (AvgIpc) is 3.30.